The number of Topliss-reactive ketones (excluding diaryl/α,β-unsaturated/α-hetero) is 1. The quantitative estimate of drug-likeness (QED) is 0.117. The van der Waals surface area contributed by atoms with Crippen molar-refractivity contribution < 1.29 is 22.4 Å². The van der Waals surface area contributed by atoms with Gasteiger partial charge in [0.1, 0.15) is 29.1 Å². The standard InChI is InChI=1S/C31H24F4I2O/c32-23-9-1-21(29(34)17-23)7-15-27(19-3-11-25(36)12-4-19)31(38)28(20-5-13-26(37)14-6-20)16-8-22-2-10-24(33)18-30(22)35/h1-6,9-14,17-18,27-28H,7-8,15-16H2. The van der Waals surface area contributed by atoms with Gasteiger partial charge in [-0.05, 0) is 130 Å². The van der Waals surface area contributed by atoms with Gasteiger partial charge in [-0.15, -0.1) is 0 Å². The fraction of sp³-hybridized carbons (Fsp3) is 0.194. The third-order valence-corrected chi connectivity index (χ3v) is 8.10. The van der Waals surface area contributed by atoms with Crippen molar-refractivity contribution in [2.75, 3.05) is 0 Å². The van der Waals surface area contributed by atoms with Gasteiger partial charge in [0.2, 0.25) is 0 Å². The third kappa shape index (κ3) is 7.43. The smallest absolute Gasteiger partial charge is 0.147 e. The first-order valence-corrected chi connectivity index (χ1v) is 14.3. The highest BCUT2D eigenvalue weighted by atomic mass is 127. The van der Waals surface area contributed by atoms with E-state index in [9.17, 15) is 22.4 Å². The highest BCUT2D eigenvalue weighted by molar-refractivity contribution is 14.1. The minimum Gasteiger partial charge on any atom is -0.298 e. The number of hydrogen-bond acceptors (Lipinski definition) is 1. The van der Waals surface area contributed by atoms with E-state index in [1.807, 2.05) is 48.5 Å². The highest BCUT2D eigenvalue weighted by Gasteiger charge is 2.30. The number of rotatable bonds is 10. The van der Waals surface area contributed by atoms with Crippen LogP contribution in [0.3, 0.4) is 0 Å². The molecular formula is C31H24F4I2O. The average molecular weight is 742 g/mol. The lowest BCUT2D eigenvalue weighted by Gasteiger charge is -2.24. The highest BCUT2D eigenvalue weighted by Crippen LogP contribution is 2.34. The second kappa shape index (κ2) is 13.2. The molecule has 0 spiro atoms. The molecule has 2 atom stereocenters. The summed E-state index contributed by atoms with van der Waals surface area (Å²) >= 11 is 4.39. The molecule has 4 rings (SSSR count). The fourth-order valence-corrected chi connectivity index (χ4v) is 5.35. The van der Waals surface area contributed by atoms with Crippen LogP contribution < -0.4 is 0 Å². The topological polar surface area (TPSA) is 17.1 Å². The number of ketones is 1. The molecule has 0 saturated carbocycles. The Bertz CT molecular complexity index is 1300. The monoisotopic (exact) mass is 742 g/mol. The van der Waals surface area contributed by atoms with E-state index in [1.54, 1.807) is 0 Å². The molecule has 196 valence electrons. The first-order valence-electron chi connectivity index (χ1n) is 12.1. The predicted octanol–water partition coefficient (Wildman–Crippen LogP) is 9.15. The van der Waals surface area contributed by atoms with Gasteiger partial charge >= 0.3 is 0 Å². The van der Waals surface area contributed by atoms with Crippen molar-refractivity contribution in [3.05, 3.63) is 138 Å². The minimum atomic E-state index is -0.650. The lowest BCUT2D eigenvalue weighted by molar-refractivity contribution is -0.122. The summed E-state index contributed by atoms with van der Waals surface area (Å²) in [6, 6.07) is 22.2. The largest absolute Gasteiger partial charge is 0.298 e. The molecule has 7 heteroatoms. The van der Waals surface area contributed by atoms with E-state index in [0.29, 0.717) is 24.0 Å². The van der Waals surface area contributed by atoms with Crippen molar-refractivity contribution in [3.8, 4) is 0 Å². The number of carbonyl (C=O) groups excluding carboxylic acids is 1. The maximum Gasteiger partial charge on any atom is 0.147 e. The van der Waals surface area contributed by atoms with Crippen molar-refractivity contribution in [2.45, 2.75) is 37.5 Å². The van der Waals surface area contributed by atoms with Crippen LogP contribution in [-0.2, 0) is 17.6 Å². The van der Waals surface area contributed by atoms with E-state index < -0.39 is 35.1 Å². The molecule has 0 saturated heterocycles. The van der Waals surface area contributed by atoms with Crippen molar-refractivity contribution in [2.24, 2.45) is 0 Å². The zero-order valence-corrected chi connectivity index (χ0v) is 24.6. The van der Waals surface area contributed by atoms with Crippen molar-refractivity contribution in [1.82, 2.24) is 0 Å². The minimum absolute atomic E-state index is 0.0579. The first kappa shape index (κ1) is 28.7. The van der Waals surface area contributed by atoms with E-state index in [2.05, 4.69) is 45.2 Å². The Hall–Kier alpha value is -2.27. The molecular weight excluding hydrogens is 718 g/mol. The van der Waals surface area contributed by atoms with E-state index in [1.165, 1.54) is 24.3 Å². The first-order chi connectivity index (χ1) is 18.2. The molecule has 0 radical (unpaired) electrons. The molecule has 0 bridgehead atoms. The van der Waals surface area contributed by atoms with Crippen molar-refractivity contribution >= 4 is 51.0 Å². The van der Waals surface area contributed by atoms with Gasteiger partial charge in [0.25, 0.3) is 0 Å². The molecule has 0 aliphatic heterocycles. The SMILES string of the molecule is O=C(C(CCc1ccc(F)cc1F)c1ccc(I)cc1)C(CCc1ccc(F)cc1F)c1ccc(I)cc1. The molecule has 38 heavy (non-hydrogen) atoms. The maximum absolute atomic E-state index is 14.4. The maximum atomic E-state index is 14.4. The molecule has 0 aromatic heterocycles. The van der Waals surface area contributed by atoms with Gasteiger partial charge < -0.3 is 0 Å². The zero-order chi connectivity index (χ0) is 27.2. The molecule has 0 amide bonds. The Kier molecular flexibility index (Phi) is 9.97. The van der Waals surface area contributed by atoms with Gasteiger partial charge in [0, 0.05) is 31.1 Å². The summed E-state index contributed by atoms with van der Waals surface area (Å²) in [6.45, 7) is 0. The Labute approximate surface area is 247 Å². The zero-order valence-electron chi connectivity index (χ0n) is 20.2. The van der Waals surface area contributed by atoms with E-state index in [-0.39, 0.29) is 18.6 Å². The van der Waals surface area contributed by atoms with Crippen molar-refractivity contribution in [3.63, 3.8) is 0 Å². The Morgan fingerprint density at radius 2 is 0.947 bits per heavy atom. The van der Waals surface area contributed by atoms with Gasteiger partial charge in [0.05, 0.1) is 0 Å². The van der Waals surface area contributed by atoms with Crippen LogP contribution in [-0.4, -0.2) is 5.78 Å². The molecule has 4 aromatic rings. The number of hydrogen-bond donors (Lipinski definition) is 0. The summed E-state index contributed by atoms with van der Waals surface area (Å²) in [6.07, 6.45) is 1.16. The lowest BCUT2D eigenvalue weighted by atomic mass is 9.78. The molecule has 0 fully saturated rings. The summed E-state index contributed by atoms with van der Waals surface area (Å²) in [4.78, 5) is 14.2. The average Bonchev–Trinajstić information content (AvgIpc) is 2.88. The molecule has 0 aliphatic rings. The summed E-state index contributed by atoms with van der Waals surface area (Å²) in [5, 5.41) is 0. The number of benzene rings is 4. The predicted molar refractivity (Wildman–Crippen MR) is 158 cm³/mol. The van der Waals surface area contributed by atoms with Crippen LogP contribution in [0.15, 0.2) is 84.9 Å². The molecule has 1 nitrogen and oxygen atoms in total. The molecule has 0 N–H and O–H groups in total. The lowest BCUT2D eigenvalue weighted by Crippen LogP contribution is -2.22. The Balaban J connectivity index is 1.67. The van der Waals surface area contributed by atoms with E-state index >= 15 is 0 Å². The van der Waals surface area contributed by atoms with Gasteiger partial charge in [-0.1, -0.05) is 36.4 Å². The van der Waals surface area contributed by atoms with Crippen LogP contribution in [0.25, 0.3) is 0 Å². The second-order valence-corrected chi connectivity index (χ2v) is 11.7. The van der Waals surface area contributed by atoms with Crippen LogP contribution in [0.4, 0.5) is 17.6 Å². The van der Waals surface area contributed by atoms with Gasteiger partial charge in [-0.3, -0.25) is 4.79 Å². The molecule has 4 aromatic carbocycles. The molecule has 0 aliphatic carbocycles. The summed E-state index contributed by atoms with van der Waals surface area (Å²) in [7, 11) is 0. The normalized spacial score (nSPS) is 12.8. The number of carbonyl (C=O) groups is 1. The number of aryl methyl sites for hydroxylation is 2. The van der Waals surface area contributed by atoms with E-state index in [4.69, 9.17) is 0 Å². The second-order valence-electron chi connectivity index (χ2n) is 9.16. The van der Waals surface area contributed by atoms with Crippen molar-refractivity contribution in [1.29, 1.82) is 0 Å². The van der Waals surface area contributed by atoms with Crippen LogP contribution >= 0.6 is 45.2 Å². The van der Waals surface area contributed by atoms with Crippen LogP contribution in [0, 0.1) is 30.4 Å². The van der Waals surface area contributed by atoms with Gasteiger partial charge in [0.15, 0.2) is 0 Å². The van der Waals surface area contributed by atoms with Gasteiger partial charge in [-0.25, -0.2) is 17.6 Å². The molecule has 2 unspecified atom stereocenters. The number of halogens is 6. The summed E-state index contributed by atoms with van der Waals surface area (Å²) < 4.78 is 57.7. The van der Waals surface area contributed by atoms with Gasteiger partial charge in [-0.2, -0.15) is 0 Å². The van der Waals surface area contributed by atoms with Crippen LogP contribution in [0.5, 0.6) is 0 Å². The Morgan fingerprint density at radius 1 is 0.579 bits per heavy atom. The summed E-state index contributed by atoms with van der Waals surface area (Å²) in [5.41, 5.74) is 2.30. The van der Waals surface area contributed by atoms with E-state index in [0.717, 1.165) is 30.4 Å². The fourth-order valence-electron chi connectivity index (χ4n) is 4.63. The van der Waals surface area contributed by atoms with Crippen LogP contribution in [0.2, 0.25) is 0 Å². The third-order valence-electron chi connectivity index (χ3n) is 6.67. The summed E-state index contributed by atoms with van der Waals surface area (Å²) in [5.74, 6) is -3.75. The Morgan fingerprint density at radius 3 is 1.29 bits per heavy atom. The van der Waals surface area contributed by atoms with Crippen LogP contribution in [0.1, 0.15) is 46.9 Å². The molecule has 0 heterocycles.